The highest BCUT2D eigenvalue weighted by molar-refractivity contribution is 7.98. The fraction of sp³-hybridized carbons (Fsp3) is 0.227. The molecule has 0 aliphatic heterocycles. The number of carbonyl (C=O) groups excluding carboxylic acids is 1. The second kappa shape index (κ2) is 9.97. The minimum absolute atomic E-state index is 0.145. The molecule has 0 aliphatic carbocycles. The number of nitrogens with zero attached hydrogens (tertiary/aromatic N) is 4. The third kappa shape index (κ3) is 5.54. The second-order valence-corrected chi connectivity index (χ2v) is 8.54. The van der Waals surface area contributed by atoms with Crippen molar-refractivity contribution in [1.29, 1.82) is 0 Å². The average molecular weight is 469 g/mol. The van der Waals surface area contributed by atoms with Crippen molar-refractivity contribution in [2.24, 2.45) is 0 Å². The molecule has 2 aromatic carbocycles. The lowest BCUT2D eigenvalue weighted by Crippen LogP contribution is -2.13. The summed E-state index contributed by atoms with van der Waals surface area (Å²) in [4.78, 5) is 21.1. The van der Waals surface area contributed by atoms with Gasteiger partial charge >= 0.3 is 0 Å². The van der Waals surface area contributed by atoms with Crippen molar-refractivity contribution in [1.82, 2.24) is 25.3 Å². The lowest BCUT2D eigenvalue weighted by molar-refractivity contribution is -0.116. The van der Waals surface area contributed by atoms with Gasteiger partial charge in [-0.15, -0.1) is 5.10 Å². The van der Waals surface area contributed by atoms with Crippen molar-refractivity contribution in [3.63, 3.8) is 0 Å². The molecular formula is C22H21ClN6O2S. The fourth-order valence-corrected chi connectivity index (χ4v) is 3.80. The Morgan fingerprint density at radius 3 is 2.88 bits per heavy atom. The van der Waals surface area contributed by atoms with Gasteiger partial charge in [-0.1, -0.05) is 58.3 Å². The zero-order chi connectivity index (χ0) is 22.5. The molecule has 0 fully saturated rings. The molecule has 0 radical (unpaired) electrons. The SMILES string of the molecule is Cc1cccc(-c2nc(SCc3noc(CCC(=O)Nc4cccc(Cl)c4C)n3)n[nH]2)c1. The highest BCUT2D eigenvalue weighted by atomic mass is 35.5. The van der Waals surface area contributed by atoms with Crippen molar-refractivity contribution >= 4 is 35.0 Å². The van der Waals surface area contributed by atoms with Gasteiger partial charge in [-0.25, -0.2) is 4.98 Å². The van der Waals surface area contributed by atoms with Crippen LogP contribution in [0.5, 0.6) is 0 Å². The topological polar surface area (TPSA) is 110 Å². The van der Waals surface area contributed by atoms with Gasteiger partial charge < -0.3 is 9.84 Å². The van der Waals surface area contributed by atoms with E-state index in [1.54, 1.807) is 12.1 Å². The standard InChI is InChI=1S/C22H21ClN6O2S/c1-13-5-3-6-15(11-13)21-26-22(28-27-21)32-12-18-25-20(31-29-18)10-9-19(30)24-17-8-4-7-16(23)14(17)2/h3-8,11H,9-10,12H2,1-2H3,(H,24,30)(H,26,27,28). The van der Waals surface area contributed by atoms with Gasteiger partial charge in [-0.2, -0.15) is 4.98 Å². The van der Waals surface area contributed by atoms with Crippen molar-refractivity contribution in [2.45, 2.75) is 37.6 Å². The number of halogens is 1. The lowest BCUT2D eigenvalue weighted by atomic mass is 10.1. The zero-order valence-electron chi connectivity index (χ0n) is 17.6. The summed E-state index contributed by atoms with van der Waals surface area (Å²) in [5.41, 5.74) is 3.67. The van der Waals surface area contributed by atoms with Crippen LogP contribution in [0.2, 0.25) is 5.02 Å². The number of H-pyrrole nitrogens is 1. The molecule has 4 aromatic rings. The predicted octanol–water partition coefficient (Wildman–Crippen LogP) is 4.99. The summed E-state index contributed by atoms with van der Waals surface area (Å²) < 4.78 is 5.26. The summed E-state index contributed by atoms with van der Waals surface area (Å²) in [5.74, 6) is 1.97. The molecule has 10 heteroatoms. The first kappa shape index (κ1) is 22.0. The number of aromatic nitrogens is 5. The predicted molar refractivity (Wildman–Crippen MR) is 124 cm³/mol. The quantitative estimate of drug-likeness (QED) is 0.350. The van der Waals surface area contributed by atoms with Crippen molar-refractivity contribution in [3.8, 4) is 11.4 Å². The number of hydrogen-bond acceptors (Lipinski definition) is 7. The van der Waals surface area contributed by atoms with Crippen LogP contribution in [0.25, 0.3) is 11.4 Å². The van der Waals surface area contributed by atoms with E-state index in [9.17, 15) is 4.79 Å². The van der Waals surface area contributed by atoms with E-state index in [0.29, 0.717) is 45.6 Å². The number of benzene rings is 2. The maximum absolute atomic E-state index is 12.2. The summed E-state index contributed by atoms with van der Waals surface area (Å²) in [5, 5.41) is 15.2. The Bertz CT molecular complexity index is 1240. The van der Waals surface area contributed by atoms with Crippen LogP contribution >= 0.6 is 23.4 Å². The zero-order valence-corrected chi connectivity index (χ0v) is 19.1. The Labute approximate surface area is 194 Å². The molecule has 0 saturated heterocycles. The van der Waals surface area contributed by atoms with Gasteiger partial charge in [0.05, 0.1) is 5.75 Å². The van der Waals surface area contributed by atoms with Gasteiger partial charge in [0, 0.05) is 29.1 Å². The molecule has 0 saturated carbocycles. The summed E-state index contributed by atoms with van der Waals surface area (Å²) in [7, 11) is 0. The molecule has 8 nitrogen and oxygen atoms in total. The van der Waals surface area contributed by atoms with Crippen molar-refractivity contribution in [2.75, 3.05) is 5.32 Å². The third-order valence-corrected chi connectivity index (χ3v) is 5.96. The van der Waals surface area contributed by atoms with Crippen LogP contribution in [-0.2, 0) is 17.0 Å². The summed E-state index contributed by atoms with van der Waals surface area (Å²) in [6.45, 7) is 3.89. The van der Waals surface area contributed by atoms with Crippen LogP contribution in [0.15, 0.2) is 52.1 Å². The van der Waals surface area contributed by atoms with E-state index in [4.69, 9.17) is 16.1 Å². The van der Waals surface area contributed by atoms with E-state index >= 15 is 0 Å². The average Bonchev–Trinajstić information content (AvgIpc) is 3.44. The smallest absolute Gasteiger partial charge is 0.227 e. The first-order valence-corrected chi connectivity index (χ1v) is 11.3. The molecule has 0 aliphatic rings. The number of aromatic amines is 1. The van der Waals surface area contributed by atoms with Gasteiger partial charge in [0.25, 0.3) is 0 Å². The molecule has 2 heterocycles. The van der Waals surface area contributed by atoms with Gasteiger partial charge in [-0.05, 0) is 37.6 Å². The minimum atomic E-state index is -0.145. The lowest BCUT2D eigenvalue weighted by Gasteiger charge is -2.08. The number of amides is 1. The molecule has 2 aromatic heterocycles. The van der Waals surface area contributed by atoms with Crippen LogP contribution < -0.4 is 5.32 Å². The van der Waals surface area contributed by atoms with Crippen LogP contribution in [0.3, 0.4) is 0 Å². The van der Waals surface area contributed by atoms with Gasteiger partial charge in [-0.3, -0.25) is 9.89 Å². The third-order valence-electron chi connectivity index (χ3n) is 4.70. The Balaban J connectivity index is 1.27. The van der Waals surface area contributed by atoms with E-state index in [0.717, 1.165) is 16.7 Å². The van der Waals surface area contributed by atoms with Crippen molar-refractivity contribution in [3.05, 3.63) is 70.3 Å². The van der Waals surface area contributed by atoms with E-state index < -0.39 is 0 Å². The number of hydrogen-bond donors (Lipinski definition) is 2. The number of aryl methyl sites for hydroxylation is 2. The first-order chi connectivity index (χ1) is 15.5. The Kier molecular flexibility index (Phi) is 6.87. The highest BCUT2D eigenvalue weighted by Crippen LogP contribution is 2.24. The number of carbonyl (C=O) groups is 1. The van der Waals surface area contributed by atoms with Crippen LogP contribution in [0.4, 0.5) is 5.69 Å². The molecule has 0 bridgehead atoms. The van der Waals surface area contributed by atoms with E-state index in [-0.39, 0.29) is 12.3 Å². The molecule has 0 atom stereocenters. The summed E-state index contributed by atoms with van der Waals surface area (Å²) in [6, 6.07) is 13.4. The first-order valence-electron chi connectivity index (χ1n) is 9.96. The van der Waals surface area contributed by atoms with E-state index in [1.807, 2.05) is 44.2 Å². The van der Waals surface area contributed by atoms with Gasteiger partial charge in [0.1, 0.15) is 0 Å². The Morgan fingerprint density at radius 1 is 1.19 bits per heavy atom. The van der Waals surface area contributed by atoms with Crippen molar-refractivity contribution < 1.29 is 9.32 Å². The van der Waals surface area contributed by atoms with Crippen LogP contribution in [-0.4, -0.2) is 31.2 Å². The molecule has 1 amide bonds. The summed E-state index contributed by atoms with van der Waals surface area (Å²) in [6.07, 6.45) is 0.572. The monoisotopic (exact) mass is 468 g/mol. The van der Waals surface area contributed by atoms with Crippen LogP contribution in [0, 0.1) is 13.8 Å². The van der Waals surface area contributed by atoms with Crippen LogP contribution in [0.1, 0.15) is 29.3 Å². The Morgan fingerprint density at radius 2 is 2.03 bits per heavy atom. The molecule has 0 unspecified atom stereocenters. The number of rotatable bonds is 8. The maximum Gasteiger partial charge on any atom is 0.227 e. The normalized spacial score (nSPS) is 11.0. The molecule has 4 rings (SSSR count). The molecule has 0 spiro atoms. The summed E-state index contributed by atoms with van der Waals surface area (Å²) >= 11 is 7.49. The number of thioether (sulfide) groups is 1. The van der Waals surface area contributed by atoms with Gasteiger partial charge in [0.15, 0.2) is 11.6 Å². The number of nitrogens with one attached hydrogen (secondary N) is 2. The van der Waals surface area contributed by atoms with E-state index in [1.165, 1.54) is 11.8 Å². The Hall–Kier alpha value is -3.17. The highest BCUT2D eigenvalue weighted by Gasteiger charge is 2.13. The molecule has 164 valence electrons. The van der Waals surface area contributed by atoms with E-state index in [2.05, 4.69) is 30.6 Å². The molecule has 32 heavy (non-hydrogen) atoms. The number of anilines is 1. The maximum atomic E-state index is 12.2. The second-order valence-electron chi connectivity index (χ2n) is 7.19. The molecular weight excluding hydrogens is 448 g/mol. The largest absolute Gasteiger partial charge is 0.339 e. The minimum Gasteiger partial charge on any atom is -0.339 e. The fourth-order valence-electron chi connectivity index (χ4n) is 2.99. The molecule has 2 N–H and O–H groups in total. The van der Waals surface area contributed by atoms with Gasteiger partial charge in [0.2, 0.25) is 17.0 Å².